The van der Waals surface area contributed by atoms with Crippen LogP contribution in [-0.2, 0) is 10.2 Å². The van der Waals surface area contributed by atoms with Gasteiger partial charge in [0.1, 0.15) is 0 Å². The number of fused-ring (bicyclic) bond motifs is 2. The summed E-state index contributed by atoms with van der Waals surface area (Å²) in [7, 11) is 0. The summed E-state index contributed by atoms with van der Waals surface area (Å²) in [5, 5.41) is 10.6. The minimum absolute atomic E-state index is 0.166. The van der Waals surface area contributed by atoms with Crippen LogP contribution in [0, 0.1) is 5.92 Å². The first kappa shape index (κ1) is 13.1. The lowest BCUT2D eigenvalue weighted by molar-refractivity contribution is 0.0422. The van der Waals surface area contributed by atoms with Gasteiger partial charge in [0.2, 0.25) is 0 Å². The second-order valence-electron chi connectivity index (χ2n) is 7.09. The molecular formula is C17H24O2. The lowest BCUT2D eigenvalue weighted by Gasteiger charge is -2.25. The maximum absolute atomic E-state index is 10.6. The molecule has 3 rings (SSSR count). The highest BCUT2D eigenvalue weighted by Gasteiger charge is 2.44. The zero-order valence-electron chi connectivity index (χ0n) is 12.1. The monoisotopic (exact) mass is 260 g/mol. The Balaban J connectivity index is 1.75. The van der Waals surface area contributed by atoms with Crippen LogP contribution in [0.5, 0.6) is 0 Å². The Labute approximate surface area is 115 Å². The summed E-state index contributed by atoms with van der Waals surface area (Å²) in [5.41, 5.74) is 2.51. The zero-order chi connectivity index (χ0) is 13.6. The van der Waals surface area contributed by atoms with Crippen molar-refractivity contribution in [2.75, 3.05) is 0 Å². The van der Waals surface area contributed by atoms with E-state index in [0.717, 1.165) is 18.4 Å². The van der Waals surface area contributed by atoms with E-state index in [1.807, 2.05) is 0 Å². The standard InChI is InChI=1S/C17H24O2/c1-17(2,3)12-6-4-11(5-7-12)16(18)14-10-13-8-9-15(14)19-13/h4-7,13-16,18H,8-10H2,1-3H3. The largest absolute Gasteiger partial charge is 0.388 e. The highest BCUT2D eigenvalue weighted by atomic mass is 16.5. The molecule has 2 fully saturated rings. The zero-order valence-corrected chi connectivity index (χ0v) is 12.1. The molecule has 2 nitrogen and oxygen atoms in total. The molecule has 1 N–H and O–H groups in total. The molecule has 2 bridgehead atoms. The second kappa shape index (κ2) is 4.60. The van der Waals surface area contributed by atoms with Crippen LogP contribution < -0.4 is 0 Å². The maximum Gasteiger partial charge on any atom is 0.0843 e. The normalized spacial score (nSPS) is 31.7. The number of benzene rings is 1. The molecule has 4 unspecified atom stereocenters. The third-order valence-corrected chi connectivity index (χ3v) is 4.68. The molecule has 0 radical (unpaired) electrons. The molecule has 2 aliphatic rings. The van der Waals surface area contributed by atoms with E-state index in [9.17, 15) is 5.11 Å². The maximum atomic E-state index is 10.6. The van der Waals surface area contributed by atoms with Gasteiger partial charge >= 0.3 is 0 Å². The van der Waals surface area contributed by atoms with E-state index < -0.39 is 0 Å². The van der Waals surface area contributed by atoms with Gasteiger partial charge in [-0.05, 0) is 35.8 Å². The first-order valence-electron chi connectivity index (χ1n) is 7.39. The highest BCUT2D eigenvalue weighted by Crippen LogP contribution is 2.44. The number of hydrogen-bond donors (Lipinski definition) is 1. The molecule has 0 aromatic heterocycles. The Bertz CT molecular complexity index is 443. The predicted octanol–water partition coefficient (Wildman–Crippen LogP) is 3.59. The predicted molar refractivity (Wildman–Crippen MR) is 76.1 cm³/mol. The van der Waals surface area contributed by atoms with E-state index in [1.165, 1.54) is 12.0 Å². The summed E-state index contributed by atoms with van der Waals surface area (Å²) >= 11 is 0. The first-order valence-corrected chi connectivity index (χ1v) is 7.39. The summed E-state index contributed by atoms with van der Waals surface area (Å²) in [4.78, 5) is 0. The van der Waals surface area contributed by atoms with Gasteiger partial charge in [0.15, 0.2) is 0 Å². The van der Waals surface area contributed by atoms with Crippen LogP contribution in [0.3, 0.4) is 0 Å². The van der Waals surface area contributed by atoms with Crippen LogP contribution >= 0.6 is 0 Å². The average molecular weight is 260 g/mol. The summed E-state index contributed by atoms with van der Waals surface area (Å²) < 4.78 is 5.85. The molecule has 0 amide bonds. The molecule has 2 heteroatoms. The fourth-order valence-corrected chi connectivity index (χ4v) is 3.44. The van der Waals surface area contributed by atoms with Crippen molar-refractivity contribution in [2.45, 2.75) is 63.8 Å². The van der Waals surface area contributed by atoms with E-state index in [2.05, 4.69) is 45.0 Å². The van der Waals surface area contributed by atoms with E-state index in [0.29, 0.717) is 12.0 Å². The summed E-state index contributed by atoms with van der Waals surface area (Å²) in [6, 6.07) is 8.45. The van der Waals surface area contributed by atoms with Crippen molar-refractivity contribution < 1.29 is 9.84 Å². The minimum Gasteiger partial charge on any atom is -0.388 e. The Morgan fingerprint density at radius 3 is 2.32 bits per heavy atom. The third-order valence-electron chi connectivity index (χ3n) is 4.68. The van der Waals surface area contributed by atoms with Gasteiger partial charge in [0.05, 0.1) is 18.3 Å². The van der Waals surface area contributed by atoms with Crippen LogP contribution in [0.1, 0.15) is 57.3 Å². The van der Waals surface area contributed by atoms with Gasteiger partial charge in [-0.1, -0.05) is 45.0 Å². The van der Waals surface area contributed by atoms with E-state index in [-0.39, 0.29) is 17.6 Å². The van der Waals surface area contributed by atoms with Gasteiger partial charge in [0.25, 0.3) is 0 Å². The van der Waals surface area contributed by atoms with Crippen LogP contribution in [0.25, 0.3) is 0 Å². The van der Waals surface area contributed by atoms with Crippen molar-refractivity contribution in [3.63, 3.8) is 0 Å². The molecule has 0 aliphatic carbocycles. The van der Waals surface area contributed by atoms with Crippen molar-refractivity contribution in [1.82, 2.24) is 0 Å². The molecular weight excluding hydrogens is 236 g/mol. The molecule has 4 atom stereocenters. The number of rotatable bonds is 2. The smallest absolute Gasteiger partial charge is 0.0843 e. The Hall–Kier alpha value is -0.860. The molecule has 2 heterocycles. The molecule has 19 heavy (non-hydrogen) atoms. The van der Waals surface area contributed by atoms with Gasteiger partial charge in [-0.3, -0.25) is 0 Å². The van der Waals surface area contributed by atoms with Crippen molar-refractivity contribution in [2.24, 2.45) is 5.92 Å². The van der Waals surface area contributed by atoms with Crippen molar-refractivity contribution in [1.29, 1.82) is 0 Å². The topological polar surface area (TPSA) is 29.5 Å². The molecule has 104 valence electrons. The van der Waals surface area contributed by atoms with Crippen LogP contribution in [-0.4, -0.2) is 17.3 Å². The highest BCUT2D eigenvalue weighted by molar-refractivity contribution is 5.29. The van der Waals surface area contributed by atoms with E-state index in [1.54, 1.807) is 0 Å². The molecule has 2 aliphatic heterocycles. The fourth-order valence-electron chi connectivity index (χ4n) is 3.44. The summed E-state index contributed by atoms with van der Waals surface area (Å²) in [5.74, 6) is 0.291. The lowest BCUT2D eigenvalue weighted by Crippen LogP contribution is -2.23. The Kier molecular flexibility index (Phi) is 3.18. The SMILES string of the molecule is CC(C)(C)c1ccc(C(O)C2CC3CCC2O3)cc1. The summed E-state index contributed by atoms with van der Waals surface area (Å²) in [6.45, 7) is 6.63. The first-order chi connectivity index (χ1) is 8.95. The van der Waals surface area contributed by atoms with Crippen LogP contribution in [0.2, 0.25) is 0 Å². The minimum atomic E-state index is -0.371. The molecule has 1 aromatic rings. The van der Waals surface area contributed by atoms with Crippen molar-refractivity contribution in [3.8, 4) is 0 Å². The number of aliphatic hydroxyl groups excluding tert-OH is 1. The molecule has 2 saturated heterocycles. The third kappa shape index (κ3) is 2.44. The van der Waals surface area contributed by atoms with E-state index >= 15 is 0 Å². The van der Waals surface area contributed by atoms with Gasteiger partial charge < -0.3 is 9.84 Å². The fraction of sp³-hybridized carbons (Fsp3) is 0.647. The van der Waals surface area contributed by atoms with Crippen LogP contribution in [0.4, 0.5) is 0 Å². The van der Waals surface area contributed by atoms with Gasteiger partial charge in [-0.15, -0.1) is 0 Å². The van der Waals surface area contributed by atoms with Gasteiger partial charge in [-0.25, -0.2) is 0 Å². The average Bonchev–Trinajstić information content (AvgIpc) is 2.99. The van der Waals surface area contributed by atoms with Gasteiger partial charge in [-0.2, -0.15) is 0 Å². The quantitative estimate of drug-likeness (QED) is 0.880. The second-order valence-corrected chi connectivity index (χ2v) is 7.09. The summed E-state index contributed by atoms with van der Waals surface area (Å²) in [6.07, 6.45) is 3.63. The number of aliphatic hydroxyl groups is 1. The number of ether oxygens (including phenoxy) is 1. The van der Waals surface area contributed by atoms with Crippen molar-refractivity contribution >= 4 is 0 Å². The molecule has 0 saturated carbocycles. The number of hydrogen-bond acceptors (Lipinski definition) is 2. The Morgan fingerprint density at radius 2 is 1.84 bits per heavy atom. The Morgan fingerprint density at radius 1 is 1.16 bits per heavy atom. The van der Waals surface area contributed by atoms with Crippen LogP contribution in [0.15, 0.2) is 24.3 Å². The van der Waals surface area contributed by atoms with Gasteiger partial charge in [0, 0.05) is 5.92 Å². The molecule has 0 spiro atoms. The lowest BCUT2D eigenvalue weighted by atomic mass is 9.81. The van der Waals surface area contributed by atoms with E-state index in [4.69, 9.17) is 4.74 Å². The molecule has 1 aromatic carbocycles. The van der Waals surface area contributed by atoms with Crippen molar-refractivity contribution in [3.05, 3.63) is 35.4 Å².